The van der Waals surface area contributed by atoms with E-state index in [1.807, 2.05) is 26.1 Å². The lowest BCUT2D eigenvalue weighted by atomic mass is 10.2. The molecule has 2 aromatic rings. The lowest BCUT2D eigenvalue weighted by molar-refractivity contribution is -0.136. The van der Waals surface area contributed by atoms with E-state index in [1.165, 1.54) is 5.56 Å². The van der Waals surface area contributed by atoms with Gasteiger partial charge in [0.25, 0.3) is 0 Å². The summed E-state index contributed by atoms with van der Waals surface area (Å²) in [5, 5.41) is 8.41. The highest BCUT2D eigenvalue weighted by Crippen LogP contribution is 2.04. The Balaban J connectivity index is 0.000000273. The van der Waals surface area contributed by atoms with Gasteiger partial charge in [-0.05, 0) is 51.0 Å². The van der Waals surface area contributed by atoms with Gasteiger partial charge in [-0.3, -0.25) is 14.8 Å². The summed E-state index contributed by atoms with van der Waals surface area (Å²) in [4.78, 5) is 21.7. The highest BCUT2D eigenvalue weighted by molar-refractivity contribution is 7.80. The van der Waals surface area contributed by atoms with Crippen LogP contribution >= 0.6 is 12.2 Å². The van der Waals surface area contributed by atoms with E-state index >= 15 is 0 Å². The van der Waals surface area contributed by atoms with E-state index in [0.717, 1.165) is 41.5 Å². The Kier molecular flexibility index (Phi) is 9.44. The van der Waals surface area contributed by atoms with Gasteiger partial charge in [0.2, 0.25) is 0 Å². The molecular weight excluding hydrogens is 346 g/mol. The van der Waals surface area contributed by atoms with Crippen LogP contribution in [0.25, 0.3) is 0 Å². The Morgan fingerprint density at radius 3 is 1.77 bits per heavy atom. The van der Waals surface area contributed by atoms with Gasteiger partial charge in [-0.1, -0.05) is 24.4 Å². The predicted octanol–water partition coefficient (Wildman–Crippen LogP) is 3.62. The first-order valence-electron chi connectivity index (χ1n) is 8.68. The third-order valence-corrected chi connectivity index (χ3v) is 4.17. The van der Waals surface area contributed by atoms with Crippen molar-refractivity contribution >= 4 is 23.2 Å². The van der Waals surface area contributed by atoms with E-state index in [4.69, 9.17) is 17.3 Å². The van der Waals surface area contributed by atoms with Crippen molar-refractivity contribution in [1.29, 1.82) is 0 Å². The van der Waals surface area contributed by atoms with Gasteiger partial charge >= 0.3 is 5.97 Å². The summed E-state index contributed by atoms with van der Waals surface area (Å²) in [5.41, 5.74) is 3.88. The SMILES string of the molecule is CCN(CC)C(=S)Cc1ccc(C)nc1.Cc1ccc(CC(=O)O)cn1. The zero-order valence-corrected chi connectivity index (χ0v) is 16.7. The standard InChI is InChI=1S/C12H18N2S.C8H9NO2/c1-4-14(5-2)12(15)8-11-7-6-10(3)13-9-11;1-6-2-3-7(5-9-6)4-8(10)11/h6-7,9H,4-5,8H2,1-3H3;2-3,5H,4H2,1H3,(H,10,11). The fraction of sp³-hybridized carbons (Fsp3) is 0.400. The molecule has 0 aromatic carbocycles. The van der Waals surface area contributed by atoms with E-state index in [9.17, 15) is 4.79 Å². The lowest BCUT2D eigenvalue weighted by Crippen LogP contribution is -2.30. The first-order chi connectivity index (χ1) is 12.3. The van der Waals surface area contributed by atoms with Gasteiger partial charge in [-0.2, -0.15) is 0 Å². The number of rotatable bonds is 6. The first-order valence-corrected chi connectivity index (χ1v) is 9.09. The Bertz CT molecular complexity index is 696. The normalized spacial score (nSPS) is 9.85. The van der Waals surface area contributed by atoms with E-state index in [0.29, 0.717) is 0 Å². The summed E-state index contributed by atoms with van der Waals surface area (Å²) in [5.74, 6) is -0.823. The first kappa shape index (κ1) is 21.7. The number of aliphatic carboxylic acids is 1. The summed E-state index contributed by atoms with van der Waals surface area (Å²) >= 11 is 5.39. The summed E-state index contributed by atoms with van der Waals surface area (Å²) in [7, 11) is 0. The average Bonchev–Trinajstić information content (AvgIpc) is 2.60. The molecule has 0 spiro atoms. The summed E-state index contributed by atoms with van der Waals surface area (Å²) < 4.78 is 0. The zero-order chi connectivity index (χ0) is 19.5. The number of likely N-dealkylation sites (N-methyl/N-ethyl adjacent to an activating group) is 1. The molecule has 0 saturated heterocycles. The third-order valence-electron chi connectivity index (χ3n) is 3.77. The summed E-state index contributed by atoms with van der Waals surface area (Å²) in [6.45, 7) is 10.1. The number of carbonyl (C=O) groups is 1. The number of hydrogen-bond acceptors (Lipinski definition) is 4. The Morgan fingerprint density at radius 1 is 0.962 bits per heavy atom. The van der Waals surface area contributed by atoms with E-state index in [-0.39, 0.29) is 6.42 Å². The largest absolute Gasteiger partial charge is 0.481 e. The number of thiocarbonyl (C=S) groups is 1. The molecule has 0 aliphatic rings. The minimum atomic E-state index is -0.823. The maximum Gasteiger partial charge on any atom is 0.307 e. The highest BCUT2D eigenvalue weighted by atomic mass is 32.1. The number of carboxylic acid groups (broad SMARTS) is 1. The van der Waals surface area contributed by atoms with Crippen molar-refractivity contribution in [2.45, 2.75) is 40.5 Å². The number of pyridine rings is 2. The molecule has 0 fully saturated rings. The fourth-order valence-electron chi connectivity index (χ4n) is 2.24. The van der Waals surface area contributed by atoms with Crippen LogP contribution in [0.1, 0.15) is 36.4 Å². The van der Waals surface area contributed by atoms with Gasteiger partial charge < -0.3 is 10.0 Å². The van der Waals surface area contributed by atoms with E-state index in [2.05, 4.69) is 34.8 Å². The molecule has 0 aliphatic carbocycles. The number of carboxylic acids is 1. The second-order valence-electron chi connectivity index (χ2n) is 5.93. The summed E-state index contributed by atoms with van der Waals surface area (Å²) in [6, 6.07) is 7.70. The minimum absolute atomic E-state index is 0.0489. The predicted molar refractivity (Wildman–Crippen MR) is 109 cm³/mol. The van der Waals surface area contributed by atoms with Crippen molar-refractivity contribution in [3.8, 4) is 0 Å². The van der Waals surface area contributed by atoms with Crippen LogP contribution in [0.4, 0.5) is 0 Å². The van der Waals surface area contributed by atoms with Gasteiger partial charge in [-0.25, -0.2) is 0 Å². The molecule has 1 N–H and O–H groups in total. The van der Waals surface area contributed by atoms with Crippen LogP contribution in [0, 0.1) is 13.8 Å². The Morgan fingerprint density at radius 2 is 1.42 bits per heavy atom. The third kappa shape index (κ3) is 8.16. The van der Waals surface area contributed by atoms with Crippen molar-refractivity contribution in [2.75, 3.05) is 13.1 Å². The molecule has 2 aromatic heterocycles. The summed E-state index contributed by atoms with van der Waals surface area (Å²) in [6.07, 6.45) is 4.37. The second-order valence-corrected chi connectivity index (χ2v) is 6.40. The molecule has 0 aliphatic heterocycles. The second kappa shape index (κ2) is 11.3. The molecule has 6 heteroatoms. The molecule has 0 unspecified atom stereocenters. The molecule has 0 saturated carbocycles. The van der Waals surface area contributed by atoms with Gasteiger partial charge in [-0.15, -0.1) is 0 Å². The monoisotopic (exact) mass is 373 g/mol. The van der Waals surface area contributed by atoms with Crippen LogP contribution in [0.2, 0.25) is 0 Å². The maximum absolute atomic E-state index is 10.2. The lowest BCUT2D eigenvalue weighted by Gasteiger charge is -2.21. The molecule has 0 radical (unpaired) electrons. The Hall–Kier alpha value is -2.34. The van der Waals surface area contributed by atoms with Crippen LogP contribution < -0.4 is 0 Å². The molecule has 140 valence electrons. The van der Waals surface area contributed by atoms with Gasteiger partial charge in [0.15, 0.2) is 0 Å². The molecule has 2 heterocycles. The fourth-order valence-corrected chi connectivity index (χ4v) is 2.67. The average molecular weight is 374 g/mol. The van der Waals surface area contributed by atoms with Crippen LogP contribution in [-0.2, 0) is 17.6 Å². The molecule has 5 nitrogen and oxygen atoms in total. The minimum Gasteiger partial charge on any atom is -0.481 e. The van der Waals surface area contributed by atoms with Crippen molar-refractivity contribution in [2.24, 2.45) is 0 Å². The Labute approximate surface area is 161 Å². The topological polar surface area (TPSA) is 66.3 Å². The molecule has 0 amide bonds. The van der Waals surface area contributed by atoms with E-state index in [1.54, 1.807) is 18.3 Å². The van der Waals surface area contributed by atoms with Gasteiger partial charge in [0.05, 0.1) is 11.4 Å². The van der Waals surface area contributed by atoms with Gasteiger partial charge in [0.1, 0.15) is 0 Å². The number of nitrogens with zero attached hydrogens (tertiary/aromatic N) is 3. The molecular formula is C20H27N3O2S. The highest BCUT2D eigenvalue weighted by Gasteiger charge is 2.06. The van der Waals surface area contributed by atoms with Crippen LogP contribution in [0.5, 0.6) is 0 Å². The molecule has 0 bridgehead atoms. The molecule has 2 rings (SSSR count). The maximum atomic E-state index is 10.2. The van der Waals surface area contributed by atoms with E-state index < -0.39 is 5.97 Å². The number of aryl methyl sites for hydroxylation is 2. The van der Waals surface area contributed by atoms with Crippen molar-refractivity contribution in [3.63, 3.8) is 0 Å². The van der Waals surface area contributed by atoms with Crippen molar-refractivity contribution < 1.29 is 9.90 Å². The zero-order valence-electron chi connectivity index (χ0n) is 15.9. The number of aromatic nitrogens is 2. The van der Waals surface area contributed by atoms with Crippen LogP contribution in [0.3, 0.4) is 0 Å². The quantitative estimate of drug-likeness (QED) is 0.780. The molecule has 26 heavy (non-hydrogen) atoms. The smallest absolute Gasteiger partial charge is 0.307 e. The van der Waals surface area contributed by atoms with Crippen molar-refractivity contribution in [1.82, 2.24) is 14.9 Å². The molecule has 0 atom stereocenters. The van der Waals surface area contributed by atoms with Crippen LogP contribution in [-0.4, -0.2) is 44.0 Å². The number of hydrogen-bond donors (Lipinski definition) is 1. The van der Waals surface area contributed by atoms with Crippen LogP contribution in [0.15, 0.2) is 36.7 Å². The van der Waals surface area contributed by atoms with Crippen molar-refractivity contribution in [3.05, 3.63) is 59.2 Å². The van der Waals surface area contributed by atoms with Gasteiger partial charge in [0, 0.05) is 43.3 Å².